The number of benzene rings is 1. The van der Waals surface area contributed by atoms with Crippen molar-refractivity contribution in [2.45, 2.75) is 26.9 Å². The molecule has 0 aliphatic heterocycles. The van der Waals surface area contributed by atoms with Gasteiger partial charge in [0, 0.05) is 5.56 Å². The van der Waals surface area contributed by atoms with Crippen molar-refractivity contribution in [3.05, 3.63) is 41.2 Å². The summed E-state index contributed by atoms with van der Waals surface area (Å²) >= 11 is 0. The molecule has 0 saturated carbocycles. The van der Waals surface area contributed by atoms with Crippen LogP contribution in [0.1, 0.15) is 23.8 Å². The number of furan rings is 1. The first-order valence-corrected chi connectivity index (χ1v) is 7.08. The molecule has 2 aromatic rings. The molecule has 0 aliphatic carbocycles. The van der Waals surface area contributed by atoms with Crippen molar-refractivity contribution in [3.63, 3.8) is 0 Å². The number of rotatable bonds is 5. The Morgan fingerprint density at radius 1 is 1.26 bits per heavy atom. The SMILES string of the molecule is COc1ccc(OC(C)C(=O)Nc2oc(C)c(C)c2C#N)cc1. The van der Waals surface area contributed by atoms with E-state index in [9.17, 15) is 4.79 Å². The molecule has 2 rings (SSSR count). The number of aryl methyl sites for hydroxylation is 1. The number of amides is 1. The number of nitriles is 1. The summed E-state index contributed by atoms with van der Waals surface area (Å²) in [6.45, 7) is 5.13. The average molecular weight is 314 g/mol. The van der Waals surface area contributed by atoms with E-state index in [1.54, 1.807) is 52.1 Å². The van der Waals surface area contributed by atoms with Crippen molar-refractivity contribution in [2.75, 3.05) is 12.4 Å². The smallest absolute Gasteiger partial charge is 0.267 e. The number of carbonyl (C=O) groups is 1. The highest BCUT2D eigenvalue weighted by Gasteiger charge is 2.21. The van der Waals surface area contributed by atoms with Crippen molar-refractivity contribution < 1.29 is 18.7 Å². The van der Waals surface area contributed by atoms with Gasteiger partial charge in [-0.3, -0.25) is 10.1 Å². The largest absolute Gasteiger partial charge is 0.497 e. The average Bonchev–Trinajstić information content (AvgIpc) is 2.81. The molecule has 1 unspecified atom stereocenters. The van der Waals surface area contributed by atoms with Gasteiger partial charge in [-0.1, -0.05) is 0 Å². The van der Waals surface area contributed by atoms with Crippen molar-refractivity contribution >= 4 is 11.8 Å². The lowest BCUT2D eigenvalue weighted by molar-refractivity contribution is -0.122. The number of anilines is 1. The second-order valence-electron chi connectivity index (χ2n) is 5.02. The minimum Gasteiger partial charge on any atom is -0.497 e. The summed E-state index contributed by atoms with van der Waals surface area (Å²) in [7, 11) is 1.58. The van der Waals surface area contributed by atoms with E-state index in [0.29, 0.717) is 28.4 Å². The number of methoxy groups -OCH3 is 1. The second kappa shape index (κ2) is 6.88. The van der Waals surface area contributed by atoms with Crippen LogP contribution in [0.3, 0.4) is 0 Å². The summed E-state index contributed by atoms with van der Waals surface area (Å²) in [4.78, 5) is 12.2. The topological polar surface area (TPSA) is 84.5 Å². The molecule has 1 N–H and O–H groups in total. The Morgan fingerprint density at radius 3 is 2.43 bits per heavy atom. The minimum atomic E-state index is -0.749. The summed E-state index contributed by atoms with van der Waals surface area (Å²) in [5.41, 5.74) is 1.04. The molecule has 1 aromatic heterocycles. The Balaban J connectivity index is 2.05. The Morgan fingerprint density at radius 2 is 1.87 bits per heavy atom. The number of hydrogen-bond acceptors (Lipinski definition) is 5. The van der Waals surface area contributed by atoms with Crippen molar-refractivity contribution in [3.8, 4) is 17.6 Å². The van der Waals surface area contributed by atoms with Gasteiger partial charge in [0.15, 0.2) is 6.10 Å². The highest BCUT2D eigenvalue weighted by molar-refractivity contribution is 5.94. The van der Waals surface area contributed by atoms with Gasteiger partial charge in [0.2, 0.25) is 5.88 Å². The molecule has 0 aliphatic rings. The maximum absolute atomic E-state index is 12.2. The van der Waals surface area contributed by atoms with Crippen LogP contribution in [0.5, 0.6) is 11.5 Å². The molecule has 0 spiro atoms. The zero-order chi connectivity index (χ0) is 17.0. The van der Waals surface area contributed by atoms with E-state index in [1.165, 1.54) is 0 Å². The second-order valence-corrected chi connectivity index (χ2v) is 5.02. The lowest BCUT2D eigenvalue weighted by atomic mass is 10.2. The van der Waals surface area contributed by atoms with Crippen molar-refractivity contribution in [2.24, 2.45) is 0 Å². The van der Waals surface area contributed by atoms with Crippen LogP contribution in [0.25, 0.3) is 0 Å². The first-order valence-electron chi connectivity index (χ1n) is 7.08. The minimum absolute atomic E-state index is 0.151. The molecule has 0 saturated heterocycles. The monoisotopic (exact) mass is 314 g/mol. The zero-order valence-corrected chi connectivity index (χ0v) is 13.5. The number of nitrogens with zero attached hydrogens (tertiary/aromatic N) is 1. The van der Waals surface area contributed by atoms with Crippen LogP contribution in [0.2, 0.25) is 0 Å². The first-order chi connectivity index (χ1) is 11.0. The maximum Gasteiger partial charge on any atom is 0.267 e. The third kappa shape index (κ3) is 3.64. The van der Waals surface area contributed by atoms with Crippen LogP contribution >= 0.6 is 0 Å². The summed E-state index contributed by atoms with van der Waals surface area (Å²) in [6, 6.07) is 8.94. The summed E-state index contributed by atoms with van der Waals surface area (Å²) in [6.07, 6.45) is -0.749. The molecule has 0 radical (unpaired) electrons. The van der Waals surface area contributed by atoms with Crippen LogP contribution in [0.15, 0.2) is 28.7 Å². The van der Waals surface area contributed by atoms with E-state index in [4.69, 9.17) is 19.2 Å². The standard InChI is InChI=1S/C17H18N2O4/c1-10-11(2)23-17(15(10)9-18)19-16(20)12(3)22-14-7-5-13(21-4)6-8-14/h5-8,12H,1-4H3,(H,19,20). The highest BCUT2D eigenvalue weighted by atomic mass is 16.5. The van der Waals surface area contributed by atoms with Crippen molar-refractivity contribution in [1.82, 2.24) is 0 Å². The van der Waals surface area contributed by atoms with Gasteiger partial charge in [0.25, 0.3) is 5.91 Å². The first kappa shape index (κ1) is 16.4. The van der Waals surface area contributed by atoms with E-state index in [-0.39, 0.29) is 5.88 Å². The molecule has 0 bridgehead atoms. The fourth-order valence-electron chi connectivity index (χ4n) is 1.98. The Kier molecular flexibility index (Phi) is 4.91. The van der Waals surface area contributed by atoms with Crippen LogP contribution in [-0.4, -0.2) is 19.1 Å². The molecule has 23 heavy (non-hydrogen) atoms. The molecular weight excluding hydrogens is 296 g/mol. The Labute approximate surface area is 134 Å². The van der Waals surface area contributed by atoms with Gasteiger partial charge in [0.1, 0.15) is 28.9 Å². The normalized spacial score (nSPS) is 11.4. The van der Waals surface area contributed by atoms with Crippen LogP contribution in [0, 0.1) is 25.2 Å². The molecule has 1 aromatic carbocycles. The van der Waals surface area contributed by atoms with Gasteiger partial charge in [0.05, 0.1) is 7.11 Å². The van der Waals surface area contributed by atoms with Gasteiger partial charge >= 0.3 is 0 Å². The predicted octanol–water partition coefficient (Wildman–Crippen LogP) is 3.18. The lowest BCUT2D eigenvalue weighted by Crippen LogP contribution is -2.30. The molecule has 0 fully saturated rings. The molecule has 1 amide bonds. The predicted molar refractivity (Wildman–Crippen MR) is 84.6 cm³/mol. The van der Waals surface area contributed by atoms with Crippen LogP contribution in [-0.2, 0) is 4.79 Å². The molecule has 1 atom stereocenters. The molecule has 6 heteroatoms. The molecule has 1 heterocycles. The van der Waals surface area contributed by atoms with E-state index >= 15 is 0 Å². The molecule has 6 nitrogen and oxygen atoms in total. The summed E-state index contributed by atoms with van der Waals surface area (Å²) < 4.78 is 16.0. The fraction of sp³-hybridized carbons (Fsp3) is 0.294. The Bertz CT molecular complexity index is 741. The van der Waals surface area contributed by atoms with Gasteiger partial charge in [-0.2, -0.15) is 5.26 Å². The van der Waals surface area contributed by atoms with Crippen LogP contribution in [0.4, 0.5) is 5.88 Å². The third-order valence-corrected chi connectivity index (χ3v) is 3.48. The van der Waals surface area contributed by atoms with Gasteiger partial charge in [-0.05, 0) is 45.0 Å². The highest BCUT2D eigenvalue weighted by Crippen LogP contribution is 2.25. The lowest BCUT2D eigenvalue weighted by Gasteiger charge is -2.14. The summed E-state index contributed by atoms with van der Waals surface area (Å²) in [5, 5.41) is 11.7. The van der Waals surface area contributed by atoms with E-state index < -0.39 is 12.0 Å². The number of ether oxygens (including phenoxy) is 2. The zero-order valence-electron chi connectivity index (χ0n) is 13.5. The van der Waals surface area contributed by atoms with E-state index in [0.717, 1.165) is 0 Å². The van der Waals surface area contributed by atoms with Gasteiger partial charge in [-0.25, -0.2) is 0 Å². The number of nitrogens with one attached hydrogen (secondary N) is 1. The van der Waals surface area contributed by atoms with Crippen LogP contribution < -0.4 is 14.8 Å². The molecular formula is C17H18N2O4. The number of hydrogen-bond donors (Lipinski definition) is 1. The van der Waals surface area contributed by atoms with Crippen molar-refractivity contribution in [1.29, 1.82) is 5.26 Å². The van der Waals surface area contributed by atoms with E-state index in [1.807, 2.05) is 6.07 Å². The number of carbonyl (C=O) groups excluding carboxylic acids is 1. The molecule has 120 valence electrons. The summed E-state index contributed by atoms with van der Waals surface area (Å²) in [5.74, 6) is 1.60. The fourth-order valence-corrected chi connectivity index (χ4v) is 1.98. The van der Waals surface area contributed by atoms with Gasteiger partial charge in [-0.15, -0.1) is 0 Å². The van der Waals surface area contributed by atoms with E-state index in [2.05, 4.69) is 5.32 Å². The Hall–Kier alpha value is -2.94. The third-order valence-electron chi connectivity index (χ3n) is 3.48. The maximum atomic E-state index is 12.2. The quantitative estimate of drug-likeness (QED) is 0.916. The van der Waals surface area contributed by atoms with Gasteiger partial charge < -0.3 is 13.9 Å².